The van der Waals surface area contributed by atoms with E-state index in [1.165, 1.54) is 16.2 Å². The van der Waals surface area contributed by atoms with E-state index in [1.54, 1.807) is 31.4 Å². The van der Waals surface area contributed by atoms with Crippen LogP contribution in [0.25, 0.3) is 16.0 Å². The van der Waals surface area contributed by atoms with E-state index in [2.05, 4.69) is 0 Å². The summed E-state index contributed by atoms with van der Waals surface area (Å²) in [6.45, 7) is 2.32. The molecular formula is C35H28N2O6S. The minimum atomic E-state index is -0.943. The molecule has 0 saturated carbocycles. The highest BCUT2D eigenvalue weighted by atomic mass is 32.1. The largest absolute Gasteiger partial charge is 0.507 e. The number of Topliss-reactive ketones (excluding diaryl/α,β-unsaturated/α-hetero) is 1. The van der Waals surface area contributed by atoms with Crippen molar-refractivity contribution in [3.63, 3.8) is 0 Å². The van der Waals surface area contributed by atoms with Crippen molar-refractivity contribution >= 4 is 44.1 Å². The highest BCUT2D eigenvalue weighted by Crippen LogP contribution is 2.45. The van der Waals surface area contributed by atoms with E-state index < -0.39 is 17.7 Å². The lowest BCUT2D eigenvalue weighted by Crippen LogP contribution is -2.29. The quantitative estimate of drug-likeness (QED) is 0.123. The van der Waals surface area contributed by atoms with Crippen molar-refractivity contribution in [2.24, 2.45) is 0 Å². The number of nitrogens with zero attached hydrogens (tertiary/aromatic N) is 2. The van der Waals surface area contributed by atoms with Crippen molar-refractivity contribution in [3.8, 4) is 17.2 Å². The Bertz CT molecular complexity index is 1950. The van der Waals surface area contributed by atoms with Gasteiger partial charge in [0, 0.05) is 12.0 Å². The molecule has 1 amide bonds. The van der Waals surface area contributed by atoms with Crippen LogP contribution in [0, 0.1) is 0 Å². The van der Waals surface area contributed by atoms with Crippen LogP contribution >= 0.6 is 11.3 Å². The molecule has 1 aromatic heterocycles. The zero-order valence-corrected chi connectivity index (χ0v) is 24.8. The minimum Gasteiger partial charge on any atom is -0.507 e. The van der Waals surface area contributed by atoms with Crippen LogP contribution in [0.1, 0.15) is 35.2 Å². The van der Waals surface area contributed by atoms with Gasteiger partial charge in [0.1, 0.15) is 35.7 Å². The first-order chi connectivity index (χ1) is 21.4. The van der Waals surface area contributed by atoms with E-state index in [0.29, 0.717) is 46.3 Å². The van der Waals surface area contributed by atoms with Crippen molar-refractivity contribution in [1.82, 2.24) is 4.98 Å². The van der Waals surface area contributed by atoms with Crippen LogP contribution in [0.4, 0.5) is 5.13 Å². The lowest BCUT2D eigenvalue weighted by molar-refractivity contribution is -0.132. The van der Waals surface area contributed by atoms with Crippen molar-refractivity contribution in [1.29, 1.82) is 0 Å². The SMILES string of the molecule is COc1ccc2nc(N3C(=O)C(=O)/C(=C(/O)c4ccc5c(c4)C[C@@H](C)O5)[C@@H]3c3cccc(OCc4ccccc4)c3)sc2c1. The van der Waals surface area contributed by atoms with Crippen LogP contribution in [0.3, 0.4) is 0 Å². The third kappa shape index (κ3) is 4.95. The number of aliphatic hydroxyl groups excluding tert-OH is 1. The number of benzene rings is 4. The van der Waals surface area contributed by atoms with Gasteiger partial charge in [-0.2, -0.15) is 0 Å². The van der Waals surface area contributed by atoms with Gasteiger partial charge in [-0.05, 0) is 72.1 Å². The highest BCUT2D eigenvalue weighted by molar-refractivity contribution is 7.22. The van der Waals surface area contributed by atoms with Gasteiger partial charge in [0.15, 0.2) is 5.13 Å². The van der Waals surface area contributed by atoms with E-state index in [0.717, 1.165) is 21.6 Å². The summed E-state index contributed by atoms with van der Waals surface area (Å²) in [6, 6.07) is 26.9. The number of ether oxygens (including phenoxy) is 3. The molecule has 0 spiro atoms. The Morgan fingerprint density at radius 2 is 1.84 bits per heavy atom. The van der Waals surface area contributed by atoms with Gasteiger partial charge in [0.05, 0.1) is 28.9 Å². The number of thiazole rings is 1. The molecule has 1 N–H and O–H groups in total. The molecule has 2 atom stereocenters. The number of anilines is 1. The van der Waals surface area contributed by atoms with Crippen molar-refractivity contribution in [2.45, 2.75) is 32.1 Å². The topological polar surface area (TPSA) is 98.2 Å². The predicted molar refractivity (Wildman–Crippen MR) is 168 cm³/mol. The number of aromatic nitrogens is 1. The van der Waals surface area contributed by atoms with Crippen LogP contribution in [-0.4, -0.2) is 35.0 Å². The molecule has 0 unspecified atom stereocenters. The van der Waals surface area contributed by atoms with Gasteiger partial charge in [-0.25, -0.2) is 4.98 Å². The summed E-state index contributed by atoms with van der Waals surface area (Å²) in [6.07, 6.45) is 0.703. The zero-order chi connectivity index (χ0) is 30.4. The molecule has 1 saturated heterocycles. The first-order valence-electron chi connectivity index (χ1n) is 14.2. The predicted octanol–water partition coefficient (Wildman–Crippen LogP) is 6.83. The van der Waals surface area contributed by atoms with Crippen LogP contribution in [0.5, 0.6) is 17.2 Å². The maximum atomic E-state index is 13.8. The molecule has 3 heterocycles. The van der Waals surface area contributed by atoms with Crippen LogP contribution in [-0.2, 0) is 22.6 Å². The second-order valence-corrected chi connectivity index (χ2v) is 11.8. The number of ketones is 1. The minimum absolute atomic E-state index is 0.0149. The number of amides is 1. The smallest absolute Gasteiger partial charge is 0.301 e. The molecule has 0 radical (unpaired) electrons. The van der Waals surface area contributed by atoms with E-state index in [1.807, 2.05) is 73.7 Å². The number of rotatable bonds is 7. The van der Waals surface area contributed by atoms with E-state index >= 15 is 0 Å². The summed E-state index contributed by atoms with van der Waals surface area (Å²) >= 11 is 1.28. The summed E-state index contributed by atoms with van der Waals surface area (Å²) in [5.74, 6) is 0.163. The monoisotopic (exact) mass is 604 g/mol. The Kier molecular flexibility index (Phi) is 7.02. The van der Waals surface area contributed by atoms with Crippen LogP contribution in [0.2, 0.25) is 0 Å². The fraction of sp³-hybridized carbons (Fsp3) is 0.171. The molecule has 9 heteroatoms. The number of fused-ring (bicyclic) bond motifs is 2. The maximum absolute atomic E-state index is 13.8. The molecule has 0 aliphatic carbocycles. The van der Waals surface area contributed by atoms with E-state index in [-0.39, 0.29) is 17.4 Å². The molecule has 8 nitrogen and oxygen atoms in total. The third-order valence-electron chi connectivity index (χ3n) is 7.83. The Morgan fingerprint density at radius 1 is 1.00 bits per heavy atom. The van der Waals surface area contributed by atoms with E-state index in [4.69, 9.17) is 19.2 Å². The van der Waals surface area contributed by atoms with Gasteiger partial charge in [-0.3, -0.25) is 14.5 Å². The normalized spacial score (nSPS) is 18.8. The molecule has 1 fully saturated rings. The first kappa shape index (κ1) is 27.7. The van der Waals surface area contributed by atoms with Gasteiger partial charge < -0.3 is 19.3 Å². The Morgan fingerprint density at radius 3 is 2.66 bits per heavy atom. The Balaban J connectivity index is 1.34. The standard InChI is InChI=1S/C35H28N2O6S/c1-20-15-24-16-23(11-14-28(24)43-20)32(38)30-31(22-9-6-10-26(17-22)42-19-21-7-4-3-5-8-21)37(34(40)33(30)39)35-36-27-13-12-25(41-2)18-29(27)44-35/h3-14,16-18,20,31,38H,15,19H2,1-2H3/b32-30+/t20-,31+/m1/s1. The highest BCUT2D eigenvalue weighted by Gasteiger charge is 2.48. The number of aliphatic hydroxyl groups is 1. The summed E-state index contributed by atoms with van der Waals surface area (Å²) in [7, 11) is 1.58. The molecule has 0 bridgehead atoms. The van der Waals surface area contributed by atoms with Crippen molar-refractivity contribution in [3.05, 3.63) is 119 Å². The van der Waals surface area contributed by atoms with E-state index in [9.17, 15) is 14.7 Å². The van der Waals surface area contributed by atoms with Gasteiger partial charge in [-0.15, -0.1) is 0 Å². The van der Waals surface area contributed by atoms with Gasteiger partial charge >= 0.3 is 5.91 Å². The summed E-state index contributed by atoms with van der Waals surface area (Å²) in [5.41, 5.74) is 3.63. The summed E-state index contributed by atoms with van der Waals surface area (Å²) < 4.78 is 18.1. The number of hydrogen-bond donors (Lipinski definition) is 1. The Hall–Kier alpha value is -5.15. The van der Waals surface area contributed by atoms with Gasteiger partial charge in [0.25, 0.3) is 5.78 Å². The van der Waals surface area contributed by atoms with Crippen LogP contribution < -0.4 is 19.1 Å². The second-order valence-electron chi connectivity index (χ2n) is 10.8. The average molecular weight is 605 g/mol. The van der Waals surface area contributed by atoms with Gasteiger partial charge in [-0.1, -0.05) is 53.8 Å². The second kappa shape index (κ2) is 11.2. The number of carbonyl (C=O) groups excluding carboxylic acids is 2. The lowest BCUT2D eigenvalue weighted by Gasteiger charge is -2.23. The number of carbonyl (C=O) groups is 2. The number of hydrogen-bond acceptors (Lipinski definition) is 8. The maximum Gasteiger partial charge on any atom is 0.301 e. The molecule has 7 rings (SSSR count). The Labute approximate surface area is 257 Å². The fourth-order valence-electron chi connectivity index (χ4n) is 5.71. The molecule has 220 valence electrons. The molecular weight excluding hydrogens is 576 g/mol. The summed E-state index contributed by atoms with van der Waals surface area (Å²) in [5, 5.41) is 12.0. The van der Waals surface area contributed by atoms with Crippen molar-refractivity contribution < 1.29 is 28.9 Å². The molecule has 5 aromatic rings. The molecule has 2 aliphatic heterocycles. The molecule has 2 aliphatic rings. The fourth-order valence-corrected chi connectivity index (χ4v) is 6.73. The number of methoxy groups -OCH3 is 1. The van der Waals surface area contributed by atoms with Crippen LogP contribution in [0.15, 0.2) is 96.6 Å². The zero-order valence-electron chi connectivity index (χ0n) is 24.0. The van der Waals surface area contributed by atoms with Gasteiger partial charge in [0.2, 0.25) is 0 Å². The molecule has 44 heavy (non-hydrogen) atoms. The summed E-state index contributed by atoms with van der Waals surface area (Å²) in [4.78, 5) is 33.6. The molecule has 4 aromatic carbocycles. The van der Waals surface area contributed by atoms with Crippen molar-refractivity contribution in [2.75, 3.05) is 12.0 Å². The first-order valence-corrected chi connectivity index (χ1v) is 15.0. The third-order valence-corrected chi connectivity index (χ3v) is 8.84. The average Bonchev–Trinajstić information content (AvgIpc) is 3.71. The lowest BCUT2D eigenvalue weighted by atomic mass is 9.94.